The summed E-state index contributed by atoms with van der Waals surface area (Å²) < 4.78 is 13.4. The molecule has 4 rings (SSSR count). The minimum absolute atomic E-state index is 0.124. The van der Waals surface area contributed by atoms with Gasteiger partial charge in [0.15, 0.2) is 0 Å². The molecule has 9 heteroatoms. The molecule has 38 heavy (non-hydrogen) atoms. The van der Waals surface area contributed by atoms with Gasteiger partial charge in [0.05, 0.1) is 23.8 Å². The summed E-state index contributed by atoms with van der Waals surface area (Å²) in [7, 11) is 0. The van der Waals surface area contributed by atoms with Crippen molar-refractivity contribution in [2.24, 2.45) is 0 Å². The van der Waals surface area contributed by atoms with E-state index in [1.54, 1.807) is 11.8 Å². The monoisotopic (exact) mass is 523 g/mol. The molecule has 0 aliphatic carbocycles. The molecule has 3 aromatic rings. The zero-order chi connectivity index (χ0) is 27.3. The first-order chi connectivity index (χ1) is 18.2. The molecule has 0 unspecified atom stereocenters. The fraction of sp³-hybridized carbons (Fsp3) is 0.586. The molecular formula is C29H41N5O4. The van der Waals surface area contributed by atoms with Crippen molar-refractivity contribution in [2.45, 2.75) is 85.0 Å². The van der Waals surface area contributed by atoms with Crippen molar-refractivity contribution in [2.75, 3.05) is 26.3 Å². The van der Waals surface area contributed by atoms with Gasteiger partial charge in [-0.05, 0) is 59.4 Å². The molecule has 0 atom stereocenters. The molecule has 1 aromatic carbocycles. The first-order valence-corrected chi connectivity index (χ1v) is 13.7. The van der Waals surface area contributed by atoms with Crippen molar-refractivity contribution >= 4 is 33.9 Å². The number of pyridine rings is 1. The van der Waals surface area contributed by atoms with Crippen molar-refractivity contribution in [1.29, 1.82) is 0 Å². The van der Waals surface area contributed by atoms with Crippen LogP contribution in [-0.2, 0) is 27.4 Å². The standard InChI is InChI=1S/C29H41N5O4/c1-6-32(28(36)38-29(3,4)5)20-26-31-25-19-30-24-12-8-7-11-23(24)27(25)34(26)16-10-9-15-33(21(2)35)22-13-17-37-18-14-22/h7-8,11-12,19,22H,6,9-10,13-18,20H2,1-5H3. The lowest BCUT2D eigenvalue weighted by atomic mass is 10.1. The van der Waals surface area contributed by atoms with Crippen LogP contribution in [0.25, 0.3) is 21.9 Å². The molecule has 1 fully saturated rings. The molecule has 2 aromatic heterocycles. The molecule has 2 amide bonds. The normalized spacial score (nSPS) is 14.7. The van der Waals surface area contributed by atoms with Crippen molar-refractivity contribution in [3.63, 3.8) is 0 Å². The number of aromatic nitrogens is 3. The molecule has 0 bridgehead atoms. The number of carbonyl (C=O) groups is 2. The average molecular weight is 524 g/mol. The van der Waals surface area contributed by atoms with Crippen LogP contribution in [0.15, 0.2) is 30.5 Å². The van der Waals surface area contributed by atoms with E-state index >= 15 is 0 Å². The lowest BCUT2D eigenvalue weighted by Crippen LogP contribution is -2.42. The van der Waals surface area contributed by atoms with E-state index in [4.69, 9.17) is 14.5 Å². The Morgan fingerprint density at radius 3 is 2.55 bits per heavy atom. The third-order valence-corrected chi connectivity index (χ3v) is 6.99. The molecule has 0 saturated carbocycles. The number of hydrogen-bond acceptors (Lipinski definition) is 6. The van der Waals surface area contributed by atoms with E-state index in [-0.39, 0.29) is 18.0 Å². The van der Waals surface area contributed by atoms with Gasteiger partial charge < -0.3 is 23.8 Å². The lowest BCUT2D eigenvalue weighted by molar-refractivity contribution is -0.133. The molecule has 1 saturated heterocycles. The van der Waals surface area contributed by atoms with Gasteiger partial charge in [-0.25, -0.2) is 9.78 Å². The maximum absolute atomic E-state index is 12.9. The van der Waals surface area contributed by atoms with Gasteiger partial charge in [0.2, 0.25) is 5.91 Å². The number of ether oxygens (including phenoxy) is 2. The van der Waals surface area contributed by atoms with Crippen molar-refractivity contribution in [3.05, 3.63) is 36.3 Å². The zero-order valence-electron chi connectivity index (χ0n) is 23.4. The zero-order valence-corrected chi connectivity index (χ0v) is 23.4. The van der Waals surface area contributed by atoms with Crippen molar-refractivity contribution in [1.82, 2.24) is 24.3 Å². The predicted octanol–water partition coefficient (Wildman–Crippen LogP) is 5.15. The summed E-state index contributed by atoms with van der Waals surface area (Å²) in [6, 6.07) is 8.33. The molecule has 9 nitrogen and oxygen atoms in total. The highest BCUT2D eigenvalue weighted by Gasteiger charge is 2.25. The summed E-state index contributed by atoms with van der Waals surface area (Å²) in [6.07, 6.45) is 5.00. The fourth-order valence-electron chi connectivity index (χ4n) is 5.12. The topological polar surface area (TPSA) is 89.8 Å². The van der Waals surface area contributed by atoms with E-state index in [1.165, 1.54) is 0 Å². The van der Waals surface area contributed by atoms with Crippen LogP contribution in [0.1, 0.15) is 66.1 Å². The van der Waals surface area contributed by atoms with Crippen LogP contribution in [0.3, 0.4) is 0 Å². The highest BCUT2D eigenvalue weighted by molar-refractivity contribution is 6.02. The van der Waals surface area contributed by atoms with Crippen molar-refractivity contribution < 1.29 is 19.1 Å². The molecule has 0 N–H and O–H groups in total. The van der Waals surface area contributed by atoms with Crippen LogP contribution in [0, 0.1) is 0 Å². The van der Waals surface area contributed by atoms with E-state index in [1.807, 2.05) is 57.0 Å². The van der Waals surface area contributed by atoms with Crippen LogP contribution in [0.4, 0.5) is 4.79 Å². The van der Waals surface area contributed by atoms with E-state index < -0.39 is 5.60 Å². The number of unbranched alkanes of at least 4 members (excludes halogenated alkanes) is 1. The minimum atomic E-state index is -0.572. The lowest BCUT2D eigenvalue weighted by Gasteiger charge is -2.33. The van der Waals surface area contributed by atoms with Crippen LogP contribution in [-0.4, -0.2) is 74.3 Å². The van der Waals surface area contributed by atoms with Crippen LogP contribution in [0.2, 0.25) is 0 Å². The largest absolute Gasteiger partial charge is 0.444 e. The second-order valence-electron chi connectivity index (χ2n) is 10.9. The molecule has 0 spiro atoms. The van der Waals surface area contributed by atoms with E-state index in [0.29, 0.717) is 26.3 Å². The Kier molecular flexibility index (Phi) is 8.87. The number of aryl methyl sites for hydroxylation is 1. The number of amides is 2. The highest BCUT2D eigenvalue weighted by Crippen LogP contribution is 2.26. The van der Waals surface area contributed by atoms with E-state index in [0.717, 1.165) is 66.5 Å². The van der Waals surface area contributed by atoms with E-state index in [9.17, 15) is 9.59 Å². The third-order valence-electron chi connectivity index (χ3n) is 6.99. The Balaban J connectivity index is 1.57. The first-order valence-electron chi connectivity index (χ1n) is 13.7. The average Bonchev–Trinajstić information content (AvgIpc) is 3.24. The van der Waals surface area contributed by atoms with Gasteiger partial charge in [0.1, 0.15) is 16.9 Å². The Morgan fingerprint density at radius 1 is 1.13 bits per heavy atom. The van der Waals surface area contributed by atoms with Gasteiger partial charge in [0.25, 0.3) is 0 Å². The smallest absolute Gasteiger partial charge is 0.410 e. The fourth-order valence-corrected chi connectivity index (χ4v) is 5.12. The molecule has 0 radical (unpaired) electrons. The van der Waals surface area contributed by atoms with Gasteiger partial charge in [-0.2, -0.15) is 0 Å². The summed E-state index contributed by atoms with van der Waals surface area (Å²) in [6.45, 7) is 13.0. The number of imidazole rings is 1. The van der Waals surface area contributed by atoms with Crippen LogP contribution < -0.4 is 0 Å². The summed E-state index contributed by atoms with van der Waals surface area (Å²) in [5.41, 5.74) is 2.18. The van der Waals surface area contributed by atoms with Crippen molar-refractivity contribution in [3.8, 4) is 0 Å². The van der Waals surface area contributed by atoms with Gasteiger partial charge in [-0.15, -0.1) is 0 Å². The first kappa shape index (κ1) is 27.8. The maximum atomic E-state index is 12.9. The Morgan fingerprint density at radius 2 is 1.87 bits per heavy atom. The molecule has 1 aliphatic rings. The van der Waals surface area contributed by atoms with Crippen LogP contribution in [0.5, 0.6) is 0 Å². The predicted molar refractivity (Wildman–Crippen MR) is 148 cm³/mol. The second-order valence-corrected chi connectivity index (χ2v) is 10.9. The van der Waals surface area contributed by atoms with Gasteiger partial charge in [0, 0.05) is 51.2 Å². The number of rotatable bonds is 9. The van der Waals surface area contributed by atoms with E-state index in [2.05, 4.69) is 15.6 Å². The highest BCUT2D eigenvalue weighted by atomic mass is 16.6. The minimum Gasteiger partial charge on any atom is -0.444 e. The SMILES string of the molecule is CCN(Cc1nc2cnc3ccccc3c2n1CCCCN(C(C)=O)C1CCOCC1)C(=O)OC(C)(C)C. The number of nitrogens with zero attached hydrogens (tertiary/aromatic N) is 5. The molecule has 3 heterocycles. The number of para-hydroxylation sites is 1. The molecular weight excluding hydrogens is 482 g/mol. The summed E-state index contributed by atoms with van der Waals surface area (Å²) in [4.78, 5) is 38.5. The molecule has 1 aliphatic heterocycles. The number of carbonyl (C=O) groups excluding carboxylic acids is 2. The van der Waals surface area contributed by atoms with Gasteiger partial charge in [-0.3, -0.25) is 9.78 Å². The van der Waals surface area contributed by atoms with Gasteiger partial charge in [-0.1, -0.05) is 18.2 Å². The van der Waals surface area contributed by atoms with Crippen LogP contribution >= 0.6 is 0 Å². The summed E-state index contributed by atoms with van der Waals surface area (Å²) >= 11 is 0. The summed E-state index contributed by atoms with van der Waals surface area (Å²) in [5, 5.41) is 1.04. The Hall–Kier alpha value is -3.20. The Bertz CT molecular complexity index is 1260. The number of fused-ring (bicyclic) bond motifs is 3. The summed E-state index contributed by atoms with van der Waals surface area (Å²) in [5.74, 6) is 0.928. The number of benzene rings is 1. The maximum Gasteiger partial charge on any atom is 0.410 e. The second kappa shape index (κ2) is 12.1. The number of hydrogen-bond donors (Lipinski definition) is 0. The Labute approximate surface area is 225 Å². The van der Waals surface area contributed by atoms with Gasteiger partial charge >= 0.3 is 6.09 Å². The molecule has 206 valence electrons. The third kappa shape index (κ3) is 6.62. The quantitative estimate of drug-likeness (QED) is 0.361.